The fraction of sp³-hybridized carbons (Fsp3) is 0.478. The van der Waals surface area contributed by atoms with Crippen molar-refractivity contribution >= 4 is 27.4 Å². The van der Waals surface area contributed by atoms with Gasteiger partial charge < -0.3 is 15.3 Å². The van der Waals surface area contributed by atoms with E-state index in [1.807, 2.05) is 19.1 Å². The summed E-state index contributed by atoms with van der Waals surface area (Å²) in [5.41, 5.74) is 8.74. The second kappa shape index (κ2) is 10.6. The average molecular weight is 492 g/mol. The zero-order valence-corrected chi connectivity index (χ0v) is 20.1. The number of rotatable bonds is 10. The van der Waals surface area contributed by atoms with E-state index in [4.69, 9.17) is 15.3 Å². The lowest BCUT2D eigenvalue weighted by Gasteiger charge is -2.20. The van der Waals surface area contributed by atoms with E-state index in [9.17, 15) is 12.8 Å². The van der Waals surface area contributed by atoms with Gasteiger partial charge in [0.15, 0.2) is 11.6 Å². The summed E-state index contributed by atoms with van der Waals surface area (Å²) in [7, 11) is -3.78. The summed E-state index contributed by atoms with van der Waals surface area (Å²) >= 11 is 0. The molecule has 2 aromatic rings. The lowest BCUT2D eigenvalue weighted by molar-refractivity contribution is 0.158. The van der Waals surface area contributed by atoms with Crippen molar-refractivity contribution in [1.29, 1.82) is 0 Å². The van der Waals surface area contributed by atoms with Crippen LogP contribution < -0.4 is 14.8 Å². The number of benzene rings is 1. The smallest absolute Gasteiger partial charge is 0.304 e. The Kier molecular flexibility index (Phi) is 7.52. The maximum absolute atomic E-state index is 14.3. The molecule has 2 N–H and O–H groups in total. The predicted octanol–water partition coefficient (Wildman–Crippen LogP) is 3.11. The number of anilines is 2. The minimum absolute atomic E-state index is 0.0611. The third-order valence-corrected chi connectivity index (χ3v) is 7.92. The zero-order valence-electron chi connectivity index (χ0n) is 19.2. The highest BCUT2D eigenvalue weighted by Gasteiger charge is 2.37. The summed E-state index contributed by atoms with van der Waals surface area (Å²) in [4.78, 5) is 8.84. The van der Waals surface area contributed by atoms with Crippen LogP contribution in [-0.2, 0) is 21.5 Å². The van der Waals surface area contributed by atoms with Crippen molar-refractivity contribution in [3.63, 3.8) is 0 Å². The molecule has 184 valence electrons. The number of fused-ring (bicyclic) bond motifs is 1. The van der Waals surface area contributed by atoms with E-state index in [0.717, 1.165) is 47.0 Å². The molecule has 1 fully saturated rings. The van der Waals surface area contributed by atoms with Crippen molar-refractivity contribution in [2.24, 2.45) is 5.16 Å². The van der Waals surface area contributed by atoms with Crippen LogP contribution in [0.3, 0.4) is 0 Å². The van der Waals surface area contributed by atoms with Gasteiger partial charge in [-0.3, -0.25) is 4.31 Å². The molecule has 0 spiro atoms. The van der Waals surface area contributed by atoms with Gasteiger partial charge in [0.25, 0.3) is 0 Å². The lowest BCUT2D eigenvalue weighted by atomic mass is 10.1. The molecule has 2 aliphatic rings. The van der Waals surface area contributed by atoms with Gasteiger partial charge in [0.2, 0.25) is 0 Å². The van der Waals surface area contributed by atoms with E-state index in [1.54, 1.807) is 0 Å². The summed E-state index contributed by atoms with van der Waals surface area (Å²) in [5.74, 6) is -0.296. The molecular formula is C23H30FN5O4S. The topological polar surface area (TPSA) is 110 Å². The third-order valence-electron chi connectivity index (χ3n) is 5.96. The van der Waals surface area contributed by atoms with Gasteiger partial charge in [-0.15, -0.1) is 0 Å². The highest BCUT2D eigenvalue weighted by Crippen LogP contribution is 2.30. The van der Waals surface area contributed by atoms with Crippen molar-refractivity contribution in [2.75, 3.05) is 42.9 Å². The maximum atomic E-state index is 14.3. The number of halogens is 1. The molecule has 1 aliphatic heterocycles. The third kappa shape index (κ3) is 5.10. The number of pyridine rings is 1. The quantitative estimate of drug-likeness (QED) is 0.404. The van der Waals surface area contributed by atoms with Crippen molar-refractivity contribution < 1.29 is 22.4 Å². The number of aryl methyl sites for hydroxylation is 1. The van der Waals surface area contributed by atoms with E-state index in [0.29, 0.717) is 32.7 Å². The molecular weight excluding hydrogens is 461 g/mol. The molecule has 2 heterocycles. The first-order valence-electron chi connectivity index (χ1n) is 11.5. The predicted molar refractivity (Wildman–Crippen MR) is 129 cm³/mol. The van der Waals surface area contributed by atoms with E-state index in [1.165, 1.54) is 22.1 Å². The average Bonchev–Trinajstić information content (AvgIpc) is 3.36. The Morgan fingerprint density at radius 2 is 2.03 bits per heavy atom. The van der Waals surface area contributed by atoms with Crippen LogP contribution in [0.2, 0.25) is 0 Å². The van der Waals surface area contributed by atoms with Crippen LogP contribution in [0, 0.1) is 5.82 Å². The summed E-state index contributed by atoms with van der Waals surface area (Å²) in [5, 5.41) is 4.18. The minimum atomic E-state index is -3.78. The standard InChI is InChI=1S/C23H30FN5O4S/c1-2-33-27-20-9-6-17-16-18(7-8-19(17)20)32-15-5-3-4-12-28-13-14-29(34(28,30)31)21-10-11-26-23(25)22(21)24/h7-8,10-11,16H,2-6,9,12-15H2,1H3,(H2,25,26). The number of aromatic nitrogens is 1. The van der Waals surface area contributed by atoms with Gasteiger partial charge in [-0.2, -0.15) is 12.7 Å². The summed E-state index contributed by atoms with van der Waals surface area (Å²) < 4.78 is 48.2. The number of hydrogen-bond donors (Lipinski definition) is 1. The Morgan fingerprint density at radius 3 is 2.85 bits per heavy atom. The van der Waals surface area contributed by atoms with Gasteiger partial charge in [-0.1, -0.05) is 5.16 Å². The van der Waals surface area contributed by atoms with Crippen molar-refractivity contribution in [2.45, 2.75) is 39.0 Å². The Hall–Kier alpha value is -2.92. The van der Waals surface area contributed by atoms with Gasteiger partial charge >= 0.3 is 10.2 Å². The van der Waals surface area contributed by atoms with Crippen LogP contribution in [0.4, 0.5) is 15.9 Å². The molecule has 1 saturated heterocycles. The first-order chi connectivity index (χ1) is 16.4. The Bertz CT molecular complexity index is 1160. The van der Waals surface area contributed by atoms with Gasteiger partial charge in [0.1, 0.15) is 12.4 Å². The van der Waals surface area contributed by atoms with Crippen LogP contribution in [-0.4, -0.2) is 56.3 Å². The Morgan fingerprint density at radius 1 is 1.18 bits per heavy atom. The SMILES string of the molecule is CCON=C1CCc2cc(OCCCCCN3CCN(c4ccnc(N)c4F)S3(=O)=O)ccc21. The van der Waals surface area contributed by atoms with Crippen LogP contribution in [0.25, 0.3) is 0 Å². The van der Waals surface area contributed by atoms with E-state index in [2.05, 4.69) is 16.2 Å². The molecule has 1 aromatic heterocycles. The molecule has 0 radical (unpaired) electrons. The zero-order chi connectivity index (χ0) is 24.1. The number of ether oxygens (including phenoxy) is 1. The summed E-state index contributed by atoms with van der Waals surface area (Å²) in [6.45, 7) is 3.89. The minimum Gasteiger partial charge on any atom is -0.494 e. The van der Waals surface area contributed by atoms with Crippen LogP contribution in [0.5, 0.6) is 5.75 Å². The number of nitrogens with zero attached hydrogens (tertiary/aromatic N) is 4. The van der Waals surface area contributed by atoms with Gasteiger partial charge in [0.05, 0.1) is 18.0 Å². The number of nitrogens with two attached hydrogens (primary N) is 1. The molecule has 1 aliphatic carbocycles. The molecule has 1 aromatic carbocycles. The first kappa shape index (κ1) is 24.2. The molecule has 0 bridgehead atoms. The number of oxime groups is 1. The summed E-state index contributed by atoms with van der Waals surface area (Å²) in [6.07, 6.45) is 5.42. The van der Waals surface area contributed by atoms with Crippen molar-refractivity contribution in [3.8, 4) is 5.75 Å². The highest BCUT2D eigenvalue weighted by atomic mass is 32.2. The normalized spacial score (nSPS) is 18.4. The Balaban J connectivity index is 1.21. The fourth-order valence-corrected chi connectivity index (χ4v) is 5.87. The van der Waals surface area contributed by atoms with Gasteiger partial charge in [0, 0.05) is 31.4 Å². The fourth-order valence-electron chi connectivity index (χ4n) is 4.22. The molecule has 0 amide bonds. The molecule has 0 saturated carbocycles. The number of hydrogen-bond acceptors (Lipinski definition) is 7. The van der Waals surface area contributed by atoms with Crippen molar-refractivity contribution in [1.82, 2.24) is 9.29 Å². The lowest BCUT2D eigenvalue weighted by Crippen LogP contribution is -2.34. The van der Waals surface area contributed by atoms with E-state index in [-0.39, 0.29) is 18.1 Å². The molecule has 4 rings (SSSR count). The highest BCUT2D eigenvalue weighted by molar-refractivity contribution is 7.90. The van der Waals surface area contributed by atoms with Crippen molar-refractivity contribution in [3.05, 3.63) is 47.4 Å². The molecule has 34 heavy (non-hydrogen) atoms. The van der Waals surface area contributed by atoms with Crippen LogP contribution in [0.15, 0.2) is 35.6 Å². The maximum Gasteiger partial charge on any atom is 0.304 e. The van der Waals surface area contributed by atoms with E-state index >= 15 is 0 Å². The van der Waals surface area contributed by atoms with Crippen LogP contribution in [0.1, 0.15) is 43.7 Å². The van der Waals surface area contributed by atoms with Gasteiger partial charge in [-0.05, 0) is 68.9 Å². The molecule has 11 heteroatoms. The largest absolute Gasteiger partial charge is 0.494 e. The molecule has 9 nitrogen and oxygen atoms in total. The monoisotopic (exact) mass is 491 g/mol. The Labute approximate surface area is 199 Å². The second-order valence-corrected chi connectivity index (χ2v) is 10.0. The number of unbranched alkanes of at least 4 members (excludes halogenated alkanes) is 2. The summed E-state index contributed by atoms with van der Waals surface area (Å²) in [6, 6.07) is 7.36. The second-order valence-electron chi connectivity index (χ2n) is 8.19. The molecule has 0 unspecified atom stereocenters. The molecule has 0 atom stereocenters. The number of nitrogen functional groups attached to an aromatic ring is 1. The first-order valence-corrected chi connectivity index (χ1v) is 12.9. The van der Waals surface area contributed by atoms with E-state index < -0.39 is 16.0 Å². The van der Waals surface area contributed by atoms with Crippen LogP contribution >= 0.6 is 0 Å². The van der Waals surface area contributed by atoms with Gasteiger partial charge in [-0.25, -0.2) is 9.37 Å².